The van der Waals surface area contributed by atoms with Gasteiger partial charge in [0.25, 0.3) is 0 Å². The van der Waals surface area contributed by atoms with E-state index >= 15 is 0 Å². The molecule has 2 aliphatic rings. The van der Waals surface area contributed by atoms with E-state index in [1.54, 1.807) is 6.07 Å². The zero-order valence-electron chi connectivity index (χ0n) is 12.8. The summed E-state index contributed by atoms with van der Waals surface area (Å²) < 4.78 is 24.0. The Morgan fingerprint density at radius 2 is 2.09 bits per heavy atom. The molecule has 0 saturated carbocycles. The topological polar surface area (TPSA) is 50.8 Å². The molecule has 2 aliphatic heterocycles. The molecule has 0 aliphatic carbocycles. The first-order valence-electron chi connectivity index (χ1n) is 7.76. The van der Waals surface area contributed by atoms with Gasteiger partial charge in [-0.15, -0.1) is 0 Å². The molecule has 7 heteroatoms. The number of nitrogens with one attached hydrogen (secondary N) is 1. The summed E-state index contributed by atoms with van der Waals surface area (Å²) in [5.41, 5.74) is 0.618. The molecule has 2 atom stereocenters. The van der Waals surface area contributed by atoms with Gasteiger partial charge >= 0.3 is 0 Å². The second kappa shape index (κ2) is 7.57. The van der Waals surface area contributed by atoms with E-state index in [-0.39, 0.29) is 29.4 Å². The second-order valence-electron chi connectivity index (χ2n) is 5.84. The number of nitrogens with zero attached hydrogens (tertiary/aromatic N) is 1. The number of hydrogen-bond donors (Lipinski definition) is 1. The number of benzene rings is 1. The number of halogens is 2. The Kier molecular flexibility index (Phi) is 5.48. The molecule has 126 valence electrons. The van der Waals surface area contributed by atoms with Gasteiger partial charge in [0.1, 0.15) is 5.82 Å². The van der Waals surface area contributed by atoms with Gasteiger partial charge in [0.15, 0.2) is 0 Å². The van der Waals surface area contributed by atoms with Crippen molar-refractivity contribution < 1.29 is 18.7 Å². The molecule has 1 N–H and O–H groups in total. The Hall–Kier alpha value is -1.21. The first kappa shape index (κ1) is 16.6. The van der Waals surface area contributed by atoms with Gasteiger partial charge in [-0.1, -0.05) is 17.7 Å². The van der Waals surface area contributed by atoms with Crippen LogP contribution in [0.1, 0.15) is 5.56 Å². The summed E-state index contributed by atoms with van der Waals surface area (Å²) in [6.07, 6.45) is 0.130. The van der Waals surface area contributed by atoms with Crippen molar-refractivity contribution in [3.8, 4) is 0 Å². The lowest BCUT2D eigenvalue weighted by molar-refractivity contribution is -0.121. The van der Waals surface area contributed by atoms with Crippen LogP contribution in [0.25, 0.3) is 0 Å². The fraction of sp³-hybridized carbons (Fsp3) is 0.562. The molecule has 0 spiro atoms. The van der Waals surface area contributed by atoms with Gasteiger partial charge in [0, 0.05) is 18.1 Å². The van der Waals surface area contributed by atoms with Crippen molar-refractivity contribution in [3.63, 3.8) is 0 Å². The summed E-state index contributed by atoms with van der Waals surface area (Å²) in [4.78, 5) is 14.6. The third-order valence-corrected chi connectivity index (χ3v) is 4.63. The molecule has 0 radical (unpaired) electrons. The van der Waals surface area contributed by atoms with E-state index in [0.29, 0.717) is 32.0 Å². The van der Waals surface area contributed by atoms with E-state index in [9.17, 15) is 9.18 Å². The molecule has 0 unspecified atom stereocenters. The number of carbonyl (C=O) groups is 1. The molecule has 2 heterocycles. The summed E-state index contributed by atoms with van der Waals surface area (Å²) >= 11 is 5.97. The van der Waals surface area contributed by atoms with Crippen LogP contribution < -0.4 is 5.32 Å². The fourth-order valence-electron chi connectivity index (χ4n) is 3.05. The van der Waals surface area contributed by atoms with Crippen molar-refractivity contribution in [2.75, 3.05) is 39.5 Å². The van der Waals surface area contributed by atoms with Crippen LogP contribution in [0.3, 0.4) is 0 Å². The van der Waals surface area contributed by atoms with Gasteiger partial charge in [-0.3, -0.25) is 9.69 Å². The van der Waals surface area contributed by atoms with E-state index in [1.165, 1.54) is 12.1 Å². The number of carbonyl (C=O) groups excluding carboxylic acids is 1. The minimum atomic E-state index is -0.407. The SMILES string of the molecule is O=C(Cc1ccc(F)cc1Cl)N[C@@H]1COC[C@H]1N1CCOCC1. The normalized spacial score (nSPS) is 25.5. The Balaban J connectivity index is 1.58. The highest BCUT2D eigenvalue weighted by Crippen LogP contribution is 2.19. The van der Waals surface area contributed by atoms with Crippen molar-refractivity contribution in [1.29, 1.82) is 0 Å². The quantitative estimate of drug-likeness (QED) is 0.894. The van der Waals surface area contributed by atoms with Crippen LogP contribution in [0, 0.1) is 5.82 Å². The predicted molar refractivity (Wildman–Crippen MR) is 84.0 cm³/mol. The molecule has 2 saturated heterocycles. The highest BCUT2D eigenvalue weighted by Gasteiger charge is 2.34. The van der Waals surface area contributed by atoms with E-state index in [0.717, 1.165) is 13.1 Å². The van der Waals surface area contributed by atoms with Crippen LogP contribution in [-0.4, -0.2) is 62.4 Å². The lowest BCUT2D eigenvalue weighted by Crippen LogP contribution is -2.54. The van der Waals surface area contributed by atoms with Crippen molar-refractivity contribution in [3.05, 3.63) is 34.6 Å². The maximum atomic E-state index is 13.1. The van der Waals surface area contributed by atoms with Crippen LogP contribution in [0.2, 0.25) is 5.02 Å². The number of rotatable bonds is 4. The third kappa shape index (κ3) is 4.20. The fourth-order valence-corrected chi connectivity index (χ4v) is 3.28. The molecule has 0 aromatic heterocycles. The van der Waals surface area contributed by atoms with Gasteiger partial charge in [0.2, 0.25) is 5.91 Å². The molecule has 23 heavy (non-hydrogen) atoms. The second-order valence-corrected chi connectivity index (χ2v) is 6.25. The maximum Gasteiger partial charge on any atom is 0.224 e. The van der Waals surface area contributed by atoms with E-state index < -0.39 is 5.82 Å². The molecule has 0 bridgehead atoms. The molecule has 5 nitrogen and oxygen atoms in total. The van der Waals surface area contributed by atoms with Gasteiger partial charge in [-0.2, -0.15) is 0 Å². The first-order chi connectivity index (χ1) is 11.1. The Morgan fingerprint density at radius 1 is 1.30 bits per heavy atom. The minimum Gasteiger partial charge on any atom is -0.379 e. The Morgan fingerprint density at radius 3 is 2.83 bits per heavy atom. The van der Waals surface area contributed by atoms with E-state index in [2.05, 4.69) is 10.2 Å². The summed E-state index contributed by atoms with van der Waals surface area (Å²) in [6, 6.07) is 4.21. The van der Waals surface area contributed by atoms with Crippen LogP contribution in [0.5, 0.6) is 0 Å². The number of ether oxygens (including phenoxy) is 2. The lowest BCUT2D eigenvalue weighted by atomic mass is 10.1. The molecule has 3 rings (SSSR count). The number of morpholine rings is 1. The van der Waals surface area contributed by atoms with Crippen LogP contribution in [-0.2, 0) is 20.7 Å². The van der Waals surface area contributed by atoms with Gasteiger partial charge in [0.05, 0.1) is 44.9 Å². The van der Waals surface area contributed by atoms with E-state index in [4.69, 9.17) is 21.1 Å². The largest absolute Gasteiger partial charge is 0.379 e. The highest BCUT2D eigenvalue weighted by molar-refractivity contribution is 6.31. The number of amides is 1. The predicted octanol–water partition coefficient (Wildman–Crippen LogP) is 1.24. The van der Waals surface area contributed by atoms with Crippen LogP contribution in [0.4, 0.5) is 4.39 Å². The van der Waals surface area contributed by atoms with Crippen molar-refractivity contribution in [2.24, 2.45) is 0 Å². The highest BCUT2D eigenvalue weighted by atomic mass is 35.5. The molecule has 1 aromatic rings. The monoisotopic (exact) mass is 342 g/mol. The molecular weight excluding hydrogens is 323 g/mol. The molecular formula is C16H20ClFN2O3. The zero-order chi connectivity index (χ0) is 16.2. The standard InChI is InChI=1S/C16H20ClFN2O3/c17-13-8-12(18)2-1-11(13)7-16(21)19-14-9-23-10-15(14)20-3-5-22-6-4-20/h1-2,8,14-15H,3-7,9-10H2,(H,19,21)/t14-,15-/m1/s1. The smallest absolute Gasteiger partial charge is 0.224 e. The van der Waals surface area contributed by atoms with Gasteiger partial charge < -0.3 is 14.8 Å². The molecule has 2 fully saturated rings. The summed E-state index contributed by atoms with van der Waals surface area (Å²) in [7, 11) is 0. The zero-order valence-corrected chi connectivity index (χ0v) is 13.5. The van der Waals surface area contributed by atoms with Crippen LogP contribution >= 0.6 is 11.6 Å². The summed E-state index contributed by atoms with van der Waals surface area (Å²) in [6.45, 7) is 4.24. The van der Waals surface area contributed by atoms with Crippen molar-refractivity contribution in [1.82, 2.24) is 10.2 Å². The molecule has 1 amide bonds. The summed E-state index contributed by atoms with van der Waals surface area (Å²) in [5, 5.41) is 3.29. The summed E-state index contributed by atoms with van der Waals surface area (Å²) in [5.74, 6) is -0.539. The minimum absolute atomic E-state index is 0.0418. The third-order valence-electron chi connectivity index (χ3n) is 4.28. The average Bonchev–Trinajstić information content (AvgIpc) is 2.99. The van der Waals surface area contributed by atoms with Gasteiger partial charge in [-0.25, -0.2) is 4.39 Å². The Bertz CT molecular complexity index is 566. The van der Waals surface area contributed by atoms with Crippen molar-refractivity contribution in [2.45, 2.75) is 18.5 Å². The maximum absolute atomic E-state index is 13.1. The molecule has 1 aromatic carbocycles. The Labute approximate surface area is 139 Å². The number of hydrogen-bond acceptors (Lipinski definition) is 4. The van der Waals surface area contributed by atoms with E-state index in [1.807, 2.05) is 0 Å². The van der Waals surface area contributed by atoms with Gasteiger partial charge in [-0.05, 0) is 17.7 Å². The van der Waals surface area contributed by atoms with Crippen molar-refractivity contribution >= 4 is 17.5 Å². The first-order valence-corrected chi connectivity index (χ1v) is 8.14. The van der Waals surface area contributed by atoms with Crippen LogP contribution in [0.15, 0.2) is 18.2 Å². The lowest BCUT2D eigenvalue weighted by Gasteiger charge is -2.34. The average molecular weight is 343 g/mol.